The molecule has 4 rings (SSSR count). The number of anilines is 3. The van der Waals surface area contributed by atoms with Gasteiger partial charge >= 0.3 is 6.03 Å². The van der Waals surface area contributed by atoms with Crippen molar-refractivity contribution in [2.24, 2.45) is 0 Å². The fraction of sp³-hybridized carbons (Fsp3) is 0.136. The second-order valence-electron chi connectivity index (χ2n) is 6.81. The van der Waals surface area contributed by atoms with E-state index >= 15 is 0 Å². The molecule has 4 aromatic rings. The average molecular weight is 422 g/mol. The fourth-order valence-corrected chi connectivity index (χ4v) is 4.44. The van der Waals surface area contributed by atoms with Gasteiger partial charge in [0.1, 0.15) is 22.8 Å². The number of benzene rings is 2. The number of hydrogen-bond donors (Lipinski definition) is 3. The normalized spacial score (nSPS) is 10.9. The number of aromatic nitrogens is 2. The highest BCUT2D eigenvalue weighted by molar-refractivity contribution is 7.19. The summed E-state index contributed by atoms with van der Waals surface area (Å²) < 4.78 is 13.2. The third kappa shape index (κ3) is 3.81. The van der Waals surface area contributed by atoms with Crippen LogP contribution in [0.2, 0.25) is 0 Å². The van der Waals surface area contributed by atoms with Crippen LogP contribution in [0.15, 0.2) is 48.8 Å². The van der Waals surface area contributed by atoms with Gasteiger partial charge in [0.15, 0.2) is 0 Å². The van der Waals surface area contributed by atoms with Crippen LogP contribution in [-0.2, 0) is 6.42 Å². The van der Waals surface area contributed by atoms with Gasteiger partial charge in [-0.25, -0.2) is 19.2 Å². The third-order valence-corrected chi connectivity index (χ3v) is 6.02. The van der Waals surface area contributed by atoms with Crippen LogP contribution in [0.4, 0.5) is 26.4 Å². The summed E-state index contributed by atoms with van der Waals surface area (Å²) >= 11 is 1.61. The number of fused-ring (bicyclic) bond motifs is 1. The van der Waals surface area contributed by atoms with Gasteiger partial charge in [-0.3, -0.25) is 0 Å². The van der Waals surface area contributed by atoms with Gasteiger partial charge in [-0.1, -0.05) is 19.1 Å². The fourth-order valence-electron chi connectivity index (χ4n) is 3.33. The van der Waals surface area contributed by atoms with E-state index in [1.807, 2.05) is 24.3 Å². The van der Waals surface area contributed by atoms with E-state index in [2.05, 4.69) is 27.5 Å². The molecule has 2 amide bonds. The van der Waals surface area contributed by atoms with E-state index < -0.39 is 6.03 Å². The number of nitrogens with zero attached hydrogens (tertiary/aromatic N) is 2. The van der Waals surface area contributed by atoms with Crippen molar-refractivity contribution in [3.8, 4) is 11.1 Å². The zero-order chi connectivity index (χ0) is 21.3. The van der Waals surface area contributed by atoms with Crippen molar-refractivity contribution >= 4 is 44.8 Å². The maximum Gasteiger partial charge on any atom is 0.323 e. The lowest BCUT2D eigenvalue weighted by molar-refractivity contribution is 0.262. The van der Waals surface area contributed by atoms with Crippen molar-refractivity contribution in [2.75, 3.05) is 16.4 Å². The van der Waals surface area contributed by atoms with Crippen LogP contribution in [0.3, 0.4) is 0 Å². The molecule has 0 aliphatic heterocycles. The molecule has 6 nitrogen and oxygen atoms in total. The molecular formula is C22H20FN5OS. The molecule has 0 fully saturated rings. The Kier molecular flexibility index (Phi) is 5.33. The number of carbonyl (C=O) groups is 1. The average Bonchev–Trinajstić information content (AvgIpc) is 3.11. The zero-order valence-corrected chi connectivity index (χ0v) is 17.3. The van der Waals surface area contributed by atoms with Crippen LogP contribution in [0.25, 0.3) is 21.3 Å². The van der Waals surface area contributed by atoms with Gasteiger partial charge < -0.3 is 16.4 Å². The molecule has 0 unspecified atom stereocenters. The Morgan fingerprint density at radius 2 is 1.90 bits per heavy atom. The summed E-state index contributed by atoms with van der Waals surface area (Å²) in [5.74, 6) is 0.120. The van der Waals surface area contributed by atoms with Crippen molar-refractivity contribution in [3.05, 3.63) is 65.0 Å². The zero-order valence-electron chi connectivity index (χ0n) is 16.5. The minimum Gasteiger partial charge on any atom is -0.383 e. The number of nitrogens with one attached hydrogen (secondary N) is 2. The predicted octanol–water partition coefficient (Wildman–Crippen LogP) is 5.59. The Hall–Kier alpha value is -3.52. The van der Waals surface area contributed by atoms with E-state index in [-0.39, 0.29) is 5.82 Å². The summed E-state index contributed by atoms with van der Waals surface area (Å²) in [5.41, 5.74) is 9.98. The lowest BCUT2D eigenvalue weighted by atomic mass is 10.0. The van der Waals surface area contributed by atoms with Crippen LogP contribution < -0.4 is 16.4 Å². The largest absolute Gasteiger partial charge is 0.383 e. The third-order valence-electron chi connectivity index (χ3n) is 4.78. The van der Waals surface area contributed by atoms with Gasteiger partial charge in [0.05, 0.1) is 5.39 Å². The van der Waals surface area contributed by atoms with Gasteiger partial charge in [-0.2, -0.15) is 0 Å². The molecule has 2 heterocycles. The molecule has 4 N–H and O–H groups in total. The minimum absolute atomic E-state index is 0.340. The molecule has 0 saturated carbocycles. The second kappa shape index (κ2) is 8.08. The Morgan fingerprint density at radius 3 is 2.60 bits per heavy atom. The summed E-state index contributed by atoms with van der Waals surface area (Å²) in [6.07, 6.45) is 2.33. The van der Waals surface area contributed by atoms with Gasteiger partial charge in [-0.05, 0) is 54.8 Å². The van der Waals surface area contributed by atoms with Crippen molar-refractivity contribution in [3.63, 3.8) is 0 Å². The predicted molar refractivity (Wildman–Crippen MR) is 120 cm³/mol. The van der Waals surface area contributed by atoms with E-state index in [9.17, 15) is 9.18 Å². The molecule has 0 atom stereocenters. The van der Waals surface area contributed by atoms with Gasteiger partial charge in [-0.15, -0.1) is 11.3 Å². The molecule has 2 aromatic heterocycles. The second-order valence-corrected chi connectivity index (χ2v) is 7.89. The van der Waals surface area contributed by atoms with Crippen molar-refractivity contribution in [1.82, 2.24) is 9.97 Å². The number of hydrogen-bond acceptors (Lipinski definition) is 5. The molecule has 0 radical (unpaired) electrons. The number of halogens is 1. The van der Waals surface area contributed by atoms with Crippen molar-refractivity contribution < 1.29 is 9.18 Å². The Bertz CT molecular complexity index is 1240. The monoisotopic (exact) mass is 421 g/mol. The first-order chi connectivity index (χ1) is 14.5. The summed E-state index contributed by atoms with van der Waals surface area (Å²) in [4.78, 5) is 22.8. The summed E-state index contributed by atoms with van der Waals surface area (Å²) in [6, 6.07) is 11.3. The standard InChI is InChI=1S/C22H20FN5OS/c1-3-17-18(19-20(24)25-11-26-21(19)30-17)13-4-7-15(8-5-13)27-22(29)28-16-9-6-14(23)10-12(16)2/h4-11H,3H2,1-2H3,(H2,24,25,26)(H2,27,28,29). The van der Waals surface area contributed by atoms with E-state index in [1.54, 1.807) is 18.3 Å². The number of aryl methyl sites for hydroxylation is 2. The maximum atomic E-state index is 13.2. The molecule has 30 heavy (non-hydrogen) atoms. The number of carbonyl (C=O) groups excluding carboxylic acids is 1. The van der Waals surface area contributed by atoms with Gasteiger partial charge in [0.2, 0.25) is 0 Å². The molecular weight excluding hydrogens is 401 g/mol. The van der Waals surface area contributed by atoms with Crippen LogP contribution in [0.5, 0.6) is 0 Å². The molecule has 0 spiro atoms. The quantitative estimate of drug-likeness (QED) is 0.400. The minimum atomic E-state index is -0.398. The smallest absolute Gasteiger partial charge is 0.323 e. The molecule has 0 aliphatic carbocycles. The molecule has 8 heteroatoms. The first-order valence-electron chi connectivity index (χ1n) is 9.42. The van der Waals surface area contributed by atoms with Crippen LogP contribution in [-0.4, -0.2) is 16.0 Å². The van der Waals surface area contributed by atoms with Crippen LogP contribution in [0, 0.1) is 12.7 Å². The number of rotatable bonds is 4. The van der Waals surface area contributed by atoms with Crippen LogP contribution >= 0.6 is 11.3 Å². The van der Waals surface area contributed by atoms with Crippen molar-refractivity contribution in [2.45, 2.75) is 20.3 Å². The van der Waals surface area contributed by atoms with Gasteiger partial charge in [0.25, 0.3) is 0 Å². The van der Waals surface area contributed by atoms with E-state index in [4.69, 9.17) is 5.73 Å². The SMILES string of the molecule is CCc1sc2ncnc(N)c2c1-c1ccc(NC(=O)Nc2ccc(F)cc2C)cc1. The van der Waals surface area contributed by atoms with E-state index in [0.29, 0.717) is 22.8 Å². The molecule has 0 aliphatic rings. The number of nitrogen functional groups attached to an aromatic ring is 1. The highest BCUT2D eigenvalue weighted by atomic mass is 32.1. The summed E-state index contributed by atoms with van der Waals surface area (Å²) in [7, 11) is 0. The molecule has 152 valence electrons. The van der Waals surface area contributed by atoms with Gasteiger partial charge in [0, 0.05) is 21.8 Å². The Morgan fingerprint density at radius 1 is 1.13 bits per heavy atom. The maximum absolute atomic E-state index is 13.2. The highest BCUT2D eigenvalue weighted by Crippen LogP contribution is 2.40. The molecule has 0 bridgehead atoms. The van der Waals surface area contributed by atoms with Crippen molar-refractivity contribution in [1.29, 1.82) is 0 Å². The lowest BCUT2D eigenvalue weighted by Crippen LogP contribution is -2.19. The van der Waals surface area contributed by atoms with Crippen LogP contribution in [0.1, 0.15) is 17.4 Å². The first kappa shape index (κ1) is 19.8. The summed E-state index contributed by atoms with van der Waals surface area (Å²) in [6.45, 7) is 3.83. The molecule has 0 saturated heterocycles. The van der Waals surface area contributed by atoms with E-state index in [0.717, 1.165) is 27.8 Å². The molecule has 2 aromatic carbocycles. The number of nitrogens with two attached hydrogens (primary N) is 1. The number of amides is 2. The highest BCUT2D eigenvalue weighted by Gasteiger charge is 2.17. The first-order valence-corrected chi connectivity index (χ1v) is 10.2. The topological polar surface area (TPSA) is 92.9 Å². The Balaban J connectivity index is 1.56. The number of urea groups is 1. The number of thiophene rings is 1. The summed E-state index contributed by atoms with van der Waals surface area (Å²) in [5, 5.41) is 6.39. The van der Waals surface area contributed by atoms with E-state index in [1.165, 1.54) is 29.4 Å². The lowest BCUT2D eigenvalue weighted by Gasteiger charge is -2.11. The Labute approximate surface area is 177 Å².